The van der Waals surface area contributed by atoms with Crippen LogP contribution >= 0.6 is 0 Å². The maximum absolute atomic E-state index is 5.43. The largest absolute Gasteiger partial charge is 0.376 e. The number of hydrogen-bond donors (Lipinski definition) is 1. The molecule has 2 aromatic heterocycles. The van der Waals surface area contributed by atoms with Crippen molar-refractivity contribution in [1.82, 2.24) is 20.1 Å². The lowest BCUT2D eigenvalue weighted by molar-refractivity contribution is 0.158. The molecule has 0 aliphatic heterocycles. The minimum absolute atomic E-state index is 0.629. The van der Waals surface area contributed by atoms with E-state index in [9.17, 15) is 0 Å². The van der Waals surface area contributed by atoms with Gasteiger partial charge in [-0.05, 0) is 25.5 Å². The summed E-state index contributed by atoms with van der Waals surface area (Å²) in [6.07, 6.45) is 1.89. The average Bonchev–Trinajstić information content (AvgIpc) is 2.69. The van der Waals surface area contributed by atoms with Gasteiger partial charge in [-0.15, -0.1) is 0 Å². The normalized spacial score (nSPS) is 11.2. The zero-order valence-electron chi connectivity index (χ0n) is 12.4. The van der Waals surface area contributed by atoms with Gasteiger partial charge in [-0.25, -0.2) is 4.98 Å². The molecule has 0 fully saturated rings. The fraction of sp³-hybridized carbons (Fsp3) is 0.467. The third kappa shape index (κ3) is 3.65. The van der Waals surface area contributed by atoms with Gasteiger partial charge in [0.2, 0.25) is 0 Å². The summed E-state index contributed by atoms with van der Waals surface area (Å²) in [7, 11) is 1.92. The number of rotatable bonds is 7. The molecule has 0 amide bonds. The van der Waals surface area contributed by atoms with Crippen LogP contribution in [-0.4, -0.2) is 34.5 Å². The second kappa shape index (κ2) is 6.63. The fourth-order valence-corrected chi connectivity index (χ4v) is 2.07. The van der Waals surface area contributed by atoms with E-state index in [1.165, 1.54) is 0 Å². The monoisotopic (exact) mass is 274 g/mol. The summed E-state index contributed by atoms with van der Waals surface area (Å²) in [5.74, 6) is 0. The first-order valence-electron chi connectivity index (χ1n) is 6.79. The quantitative estimate of drug-likeness (QED) is 0.619. The second-order valence-corrected chi connectivity index (χ2v) is 5.11. The average molecular weight is 274 g/mol. The molecule has 0 saturated heterocycles. The molecule has 0 bridgehead atoms. The Bertz CT molecular complexity index is 603. The number of aromatic nitrogens is 3. The molecule has 0 aliphatic carbocycles. The highest BCUT2D eigenvalue weighted by Crippen LogP contribution is 2.16. The molecule has 20 heavy (non-hydrogen) atoms. The van der Waals surface area contributed by atoms with Crippen molar-refractivity contribution in [3.63, 3.8) is 0 Å². The smallest absolute Gasteiger partial charge is 0.157 e. The molecule has 2 rings (SSSR count). The molecule has 0 radical (unpaired) electrons. The summed E-state index contributed by atoms with van der Waals surface area (Å²) in [4.78, 5) is 4.46. The Labute approximate surface area is 119 Å². The molecule has 2 aromatic rings. The number of aryl methyl sites for hydroxylation is 2. The molecule has 0 spiro atoms. The SMILES string of the molecule is C=C(C)COCCNCc1cnc2c(c1)c(C)nn2C. The number of ether oxygens (including phenoxy) is 1. The van der Waals surface area contributed by atoms with Crippen molar-refractivity contribution in [2.75, 3.05) is 19.8 Å². The first-order valence-corrected chi connectivity index (χ1v) is 6.79. The molecular formula is C15H22N4O. The maximum atomic E-state index is 5.43. The van der Waals surface area contributed by atoms with E-state index in [4.69, 9.17) is 4.74 Å². The van der Waals surface area contributed by atoms with Gasteiger partial charge in [0.05, 0.1) is 18.9 Å². The van der Waals surface area contributed by atoms with Crippen molar-refractivity contribution in [2.24, 2.45) is 7.05 Å². The lowest BCUT2D eigenvalue weighted by Crippen LogP contribution is -2.19. The molecule has 0 aromatic carbocycles. The van der Waals surface area contributed by atoms with Crippen LogP contribution < -0.4 is 5.32 Å². The molecule has 0 atom stereocenters. The highest BCUT2D eigenvalue weighted by atomic mass is 16.5. The number of nitrogens with zero attached hydrogens (tertiary/aromatic N) is 3. The summed E-state index contributed by atoms with van der Waals surface area (Å²) in [5.41, 5.74) is 4.15. The standard InChI is InChI=1S/C15H22N4O/c1-11(2)10-20-6-5-16-8-13-7-14-12(3)18-19(4)15(14)17-9-13/h7,9,16H,1,5-6,8,10H2,2-4H3. The van der Waals surface area contributed by atoms with Crippen molar-refractivity contribution < 1.29 is 4.74 Å². The first kappa shape index (κ1) is 14.7. The van der Waals surface area contributed by atoms with E-state index in [0.717, 1.165) is 41.0 Å². The van der Waals surface area contributed by atoms with Gasteiger partial charge in [0.15, 0.2) is 5.65 Å². The molecule has 5 heteroatoms. The summed E-state index contributed by atoms with van der Waals surface area (Å²) in [6, 6.07) is 2.15. The van der Waals surface area contributed by atoms with E-state index in [1.807, 2.05) is 31.8 Å². The Balaban J connectivity index is 1.84. The summed E-state index contributed by atoms with van der Waals surface area (Å²) in [6.45, 7) is 10.7. The second-order valence-electron chi connectivity index (χ2n) is 5.11. The minimum atomic E-state index is 0.629. The van der Waals surface area contributed by atoms with Gasteiger partial charge >= 0.3 is 0 Å². The van der Waals surface area contributed by atoms with Gasteiger partial charge in [-0.2, -0.15) is 5.10 Å². The van der Waals surface area contributed by atoms with Crippen molar-refractivity contribution in [3.05, 3.63) is 35.7 Å². The molecule has 0 aliphatic rings. The number of hydrogen-bond acceptors (Lipinski definition) is 4. The van der Waals surface area contributed by atoms with Crippen LogP contribution in [0.1, 0.15) is 18.2 Å². The van der Waals surface area contributed by atoms with Crippen LogP contribution in [0.4, 0.5) is 0 Å². The number of nitrogens with one attached hydrogen (secondary N) is 1. The molecule has 108 valence electrons. The molecule has 5 nitrogen and oxygen atoms in total. The third-order valence-electron chi connectivity index (χ3n) is 3.02. The zero-order chi connectivity index (χ0) is 14.5. The van der Waals surface area contributed by atoms with Crippen LogP contribution in [0.5, 0.6) is 0 Å². The van der Waals surface area contributed by atoms with Crippen LogP contribution in [0.2, 0.25) is 0 Å². The van der Waals surface area contributed by atoms with Crippen LogP contribution in [0.25, 0.3) is 11.0 Å². The van der Waals surface area contributed by atoms with Crippen molar-refractivity contribution in [1.29, 1.82) is 0 Å². The first-order chi connectivity index (χ1) is 9.58. The van der Waals surface area contributed by atoms with Crippen LogP contribution in [0.3, 0.4) is 0 Å². The summed E-state index contributed by atoms with van der Waals surface area (Å²) >= 11 is 0. The van der Waals surface area contributed by atoms with E-state index >= 15 is 0 Å². The van der Waals surface area contributed by atoms with Gasteiger partial charge in [-0.1, -0.05) is 12.2 Å². The molecule has 0 unspecified atom stereocenters. The predicted octanol–water partition coefficient (Wildman–Crippen LogP) is 1.96. The highest BCUT2D eigenvalue weighted by Gasteiger charge is 2.06. The van der Waals surface area contributed by atoms with Crippen molar-refractivity contribution in [2.45, 2.75) is 20.4 Å². The third-order valence-corrected chi connectivity index (χ3v) is 3.02. The minimum Gasteiger partial charge on any atom is -0.376 e. The predicted molar refractivity (Wildman–Crippen MR) is 80.6 cm³/mol. The topological polar surface area (TPSA) is 52.0 Å². The Hall–Kier alpha value is -1.72. The van der Waals surface area contributed by atoms with Gasteiger partial charge in [0.1, 0.15) is 0 Å². The molecule has 0 saturated carbocycles. The van der Waals surface area contributed by atoms with Crippen LogP contribution in [-0.2, 0) is 18.3 Å². The van der Waals surface area contributed by atoms with Gasteiger partial charge in [0.25, 0.3) is 0 Å². The van der Waals surface area contributed by atoms with Gasteiger partial charge in [0, 0.05) is 31.7 Å². The van der Waals surface area contributed by atoms with Crippen LogP contribution in [0, 0.1) is 6.92 Å². The maximum Gasteiger partial charge on any atom is 0.157 e. The van der Waals surface area contributed by atoms with Crippen LogP contribution in [0.15, 0.2) is 24.4 Å². The Kier molecular flexibility index (Phi) is 4.87. The van der Waals surface area contributed by atoms with Crippen molar-refractivity contribution >= 4 is 11.0 Å². The van der Waals surface area contributed by atoms with Gasteiger partial charge in [-0.3, -0.25) is 4.68 Å². The Morgan fingerprint density at radius 1 is 1.50 bits per heavy atom. The highest BCUT2D eigenvalue weighted by molar-refractivity contribution is 5.78. The summed E-state index contributed by atoms with van der Waals surface area (Å²) in [5, 5.41) is 8.83. The van der Waals surface area contributed by atoms with E-state index in [2.05, 4.69) is 28.0 Å². The van der Waals surface area contributed by atoms with E-state index in [0.29, 0.717) is 13.2 Å². The van der Waals surface area contributed by atoms with Crippen molar-refractivity contribution in [3.8, 4) is 0 Å². The number of fused-ring (bicyclic) bond motifs is 1. The Morgan fingerprint density at radius 2 is 2.30 bits per heavy atom. The lowest BCUT2D eigenvalue weighted by atomic mass is 10.2. The van der Waals surface area contributed by atoms with E-state index in [-0.39, 0.29) is 0 Å². The zero-order valence-corrected chi connectivity index (χ0v) is 12.4. The number of pyridine rings is 1. The molecular weight excluding hydrogens is 252 g/mol. The van der Waals surface area contributed by atoms with E-state index in [1.54, 1.807) is 0 Å². The van der Waals surface area contributed by atoms with E-state index < -0.39 is 0 Å². The molecule has 2 heterocycles. The lowest BCUT2D eigenvalue weighted by Gasteiger charge is -2.06. The Morgan fingerprint density at radius 3 is 3.05 bits per heavy atom. The van der Waals surface area contributed by atoms with Gasteiger partial charge < -0.3 is 10.1 Å². The summed E-state index contributed by atoms with van der Waals surface area (Å²) < 4.78 is 7.25. The molecule has 1 N–H and O–H groups in total. The fourth-order valence-electron chi connectivity index (χ4n) is 2.07.